The molecule has 3 aliphatic rings. The van der Waals surface area contributed by atoms with Gasteiger partial charge in [0.25, 0.3) is 11.6 Å². The molecule has 3 aromatic rings. The predicted molar refractivity (Wildman–Crippen MR) is 178 cm³/mol. The number of piperidine rings is 1. The number of benzene rings is 3. The summed E-state index contributed by atoms with van der Waals surface area (Å²) in [6.45, 7) is 7.29. The molecule has 6 rings (SSSR count). The van der Waals surface area contributed by atoms with Crippen LogP contribution >= 0.6 is 0 Å². The maximum atomic E-state index is 14.9. The molecule has 0 aliphatic carbocycles. The largest absolute Gasteiger partial charge is 0.497 e. The maximum absolute atomic E-state index is 14.9. The Balaban J connectivity index is 1.42. The Hall–Kier alpha value is -4.06. The van der Waals surface area contributed by atoms with Crippen molar-refractivity contribution in [1.29, 1.82) is 0 Å². The number of hydrogen-bond donors (Lipinski definition) is 1. The number of non-ortho nitro benzene ring substituents is 1. The van der Waals surface area contributed by atoms with Gasteiger partial charge in [0.2, 0.25) is 5.91 Å². The Morgan fingerprint density at radius 2 is 1.85 bits per heavy atom. The number of nitro benzene ring substituents is 1. The highest BCUT2D eigenvalue weighted by Gasteiger charge is 2.66. The molecule has 46 heavy (non-hydrogen) atoms. The minimum atomic E-state index is -2.39. The van der Waals surface area contributed by atoms with Crippen molar-refractivity contribution in [2.75, 3.05) is 30.1 Å². The number of fused-ring (bicyclic) bond motifs is 2. The van der Waals surface area contributed by atoms with Crippen LogP contribution in [0.3, 0.4) is 0 Å². The van der Waals surface area contributed by atoms with E-state index in [1.807, 2.05) is 43.3 Å². The van der Waals surface area contributed by atoms with Crippen LogP contribution < -0.4 is 19.7 Å². The van der Waals surface area contributed by atoms with Crippen molar-refractivity contribution in [3.8, 4) is 5.75 Å². The van der Waals surface area contributed by atoms with E-state index < -0.39 is 24.7 Å². The third-order valence-electron chi connectivity index (χ3n) is 10.3. The number of nitrogens with zero attached hydrogens (tertiary/aromatic N) is 3. The van der Waals surface area contributed by atoms with Gasteiger partial charge in [-0.05, 0) is 60.7 Å². The Morgan fingerprint density at radius 1 is 1.09 bits per heavy atom. The molecule has 4 atom stereocenters. The minimum Gasteiger partial charge on any atom is -0.497 e. The number of aliphatic hydroxyl groups is 1. The summed E-state index contributed by atoms with van der Waals surface area (Å²) in [6, 6.07) is 20.3. The first-order valence-electron chi connectivity index (χ1n) is 16.0. The molecule has 0 saturated carbocycles. The molecule has 3 heterocycles. The first kappa shape index (κ1) is 31.9. The van der Waals surface area contributed by atoms with Gasteiger partial charge in [0, 0.05) is 48.9 Å². The van der Waals surface area contributed by atoms with E-state index in [0.29, 0.717) is 30.6 Å². The third kappa shape index (κ3) is 5.20. The first-order valence-corrected chi connectivity index (χ1v) is 19.0. The van der Waals surface area contributed by atoms with Gasteiger partial charge in [-0.2, -0.15) is 0 Å². The lowest BCUT2D eigenvalue weighted by atomic mass is 9.82. The molecule has 0 radical (unpaired) electrons. The van der Waals surface area contributed by atoms with Gasteiger partial charge in [-0.25, -0.2) is 0 Å². The summed E-state index contributed by atoms with van der Waals surface area (Å²) in [7, 11) is -0.760. The zero-order valence-electron chi connectivity index (χ0n) is 26.8. The van der Waals surface area contributed by atoms with Crippen LogP contribution in [0, 0.1) is 16.0 Å². The summed E-state index contributed by atoms with van der Waals surface area (Å²) in [5.41, 5.74) is 1.06. The van der Waals surface area contributed by atoms with Gasteiger partial charge < -0.3 is 24.4 Å². The van der Waals surface area contributed by atoms with Crippen LogP contribution in [0.2, 0.25) is 18.6 Å². The predicted octanol–water partition coefficient (Wildman–Crippen LogP) is 5.27. The van der Waals surface area contributed by atoms with E-state index in [-0.39, 0.29) is 42.1 Å². The molecule has 3 aliphatic heterocycles. The van der Waals surface area contributed by atoms with Gasteiger partial charge in [-0.1, -0.05) is 49.5 Å². The van der Waals surface area contributed by atoms with Crippen LogP contribution in [0.5, 0.6) is 5.75 Å². The summed E-state index contributed by atoms with van der Waals surface area (Å²) >= 11 is 0. The Morgan fingerprint density at radius 3 is 2.52 bits per heavy atom. The normalized spacial score (nSPS) is 24.5. The van der Waals surface area contributed by atoms with Crippen molar-refractivity contribution in [3.63, 3.8) is 0 Å². The number of carbonyl (C=O) groups excluding carboxylic acids is 2. The summed E-state index contributed by atoms with van der Waals surface area (Å²) in [4.78, 5) is 42.5. The van der Waals surface area contributed by atoms with Crippen LogP contribution in [0.15, 0.2) is 66.7 Å². The van der Waals surface area contributed by atoms with Gasteiger partial charge in [0.1, 0.15) is 5.75 Å². The molecule has 0 aromatic heterocycles. The molecule has 2 fully saturated rings. The number of amides is 2. The van der Waals surface area contributed by atoms with E-state index in [2.05, 4.69) is 25.2 Å². The maximum Gasteiger partial charge on any atom is 0.269 e. The number of aliphatic hydroxyl groups excluding tert-OH is 1. The molecule has 1 N–H and O–H groups in total. The Labute approximate surface area is 270 Å². The smallest absolute Gasteiger partial charge is 0.269 e. The van der Waals surface area contributed by atoms with Crippen molar-refractivity contribution in [3.05, 3.63) is 88.0 Å². The molecular weight excluding hydrogens is 602 g/mol. The number of rotatable bonds is 9. The molecule has 2 saturated heterocycles. The van der Waals surface area contributed by atoms with Crippen molar-refractivity contribution in [2.45, 2.75) is 69.5 Å². The van der Waals surface area contributed by atoms with E-state index in [4.69, 9.17) is 9.47 Å². The van der Waals surface area contributed by atoms with Crippen molar-refractivity contribution in [1.82, 2.24) is 0 Å². The Kier molecular flexibility index (Phi) is 8.51. The van der Waals surface area contributed by atoms with Gasteiger partial charge >= 0.3 is 0 Å². The zero-order valence-corrected chi connectivity index (χ0v) is 27.8. The first-order chi connectivity index (χ1) is 22.0. The van der Waals surface area contributed by atoms with Crippen molar-refractivity contribution in [2.24, 2.45) is 5.92 Å². The summed E-state index contributed by atoms with van der Waals surface area (Å²) in [5.74, 6) is 0.238. The standard InChI is InChI=1S/C35H41N3O7Si/c1-23-33(46(3,4)28-14-12-27(44-2)13-15-28)31(17-19-39)45-35(23)29-21-26(38(42)43)11-16-30(29)37(34(35)41)22-24-8-7-9-25(20-24)36-18-6-5-10-32(36)40/h7-9,11-16,20-21,23,31,33,39H,5-6,10,17-19,22H2,1-4H3/t23-,31+,33-,35+/m0/s1. The zero-order chi connectivity index (χ0) is 32.8. The fourth-order valence-electron chi connectivity index (χ4n) is 8.05. The quantitative estimate of drug-likeness (QED) is 0.192. The van der Waals surface area contributed by atoms with E-state index in [1.54, 1.807) is 23.0 Å². The molecule has 11 heteroatoms. The highest BCUT2D eigenvalue weighted by Crippen LogP contribution is 2.60. The number of anilines is 2. The highest BCUT2D eigenvalue weighted by molar-refractivity contribution is 6.91. The summed E-state index contributed by atoms with van der Waals surface area (Å²) < 4.78 is 12.3. The van der Waals surface area contributed by atoms with E-state index in [1.165, 1.54) is 17.3 Å². The fraction of sp³-hybridized carbons (Fsp3) is 0.429. The number of hydrogen-bond acceptors (Lipinski definition) is 7. The van der Waals surface area contributed by atoms with Crippen LogP contribution in [-0.4, -0.2) is 56.3 Å². The second kappa shape index (κ2) is 12.3. The highest BCUT2D eigenvalue weighted by atomic mass is 28.3. The number of methoxy groups -OCH3 is 1. The topological polar surface area (TPSA) is 122 Å². The second-order valence-corrected chi connectivity index (χ2v) is 17.9. The average Bonchev–Trinajstić information content (AvgIpc) is 3.47. The number of ether oxygens (including phenoxy) is 2. The number of nitro groups is 1. The van der Waals surface area contributed by atoms with E-state index in [0.717, 1.165) is 29.8 Å². The molecule has 0 bridgehead atoms. The van der Waals surface area contributed by atoms with E-state index >= 15 is 0 Å². The lowest BCUT2D eigenvalue weighted by molar-refractivity contribution is -0.385. The minimum absolute atomic E-state index is 0.0856. The molecule has 1 spiro atoms. The van der Waals surface area contributed by atoms with Crippen LogP contribution in [0.1, 0.15) is 43.7 Å². The van der Waals surface area contributed by atoms with Gasteiger partial charge in [0.15, 0.2) is 5.60 Å². The van der Waals surface area contributed by atoms with E-state index in [9.17, 15) is 24.8 Å². The molecule has 3 aromatic carbocycles. The molecule has 0 unspecified atom stereocenters. The van der Waals surface area contributed by atoms with Crippen molar-refractivity contribution >= 4 is 42.1 Å². The molecular formula is C35H41N3O7Si. The lowest BCUT2D eigenvalue weighted by Gasteiger charge is -2.37. The molecule has 242 valence electrons. The summed E-state index contributed by atoms with van der Waals surface area (Å²) in [5, 5.41) is 23.3. The Bertz CT molecular complexity index is 1660. The fourth-order valence-corrected chi connectivity index (χ4v) is 12.1. The monoisotopic (exact) mass is 643 g/mol. The van der Waals surface area contributed by atoms with Gasteiger partial charge in [-0.3, -0.25) is 19.7 Å². The van der Waals surface area contributed by atoms with Crippen LogP contribution in [0.25, 0.3) is 0 Å². The van der Waals surface area contributed by atoms with Crippen molar-refractivity contribution < 1.29 is 29.1 Å². The number of carbonyl (C=O) groups is 2. The third-order valence-corrected chi connectivity index (χ3v) is 14.7. The summed E-state index contributed by atoms with van der Waals surface area (Å²) in [6.07, 6.45) is 2.25. The molecule has 10 nitrogen and oxygen atoms in total. The molecule has 2 amide bonds. The second-order valence-electron chi connectivity index (χ2n) is 13.2. The van der Waals surface area contributed by atoms with Crippen LogP contribution in [-0.2, 0) is 26.5 Å². The average molecular weight is 644 g/mol. The lowest BCUT2D eigenvalue weighted by Crippen LogP contribution is -2.51. The van der Waals surface area contributed by atoms with Crippen LogP contribution in [0.4, 0.5) is 17.1 Å². The SMILES string of the molecule is COc1ccc([Si](C)(C)[C@@H]2[C@@H](CCO)O[C@]3(C(=O)N(Cc4cccc(N5CCCCC5=O)c4)c4ccc([N+](=O)[O-])cc43)[C@H]2C)cc1. The van der Waals surface area contributed by atoms with Gasteiger partial charge in [0.05, 0.1) is 38.4 Å². The van der Waals surface area contributed by atoms with Gasteiger partial charge in [-0.15, -0.1) is 0 Å².